The number of nitrogens with zero attached hydrogens (tertiary/aromatic N) is 1. The van der Waals surface area contributed by atoms with Crippen molar-refractivity contribution >= 4 is 11.6 Å². The molecule has 1 rings (SSSR count). The Hall–Kier alpha value is -1.98. The molecule has 1 N–H and O–H groups in total. The van der Waals surface area contributed by atoms with Gasteiger partial charge in [-0.25, -0.2) is 0 Å². The number of carbonyl (C=O) groups excluding carboxylic acids is 1. The zero-order chi connectivity index (χ0) is 13.7. The predicted molar refractivity (Wildman–Crippen MR) is 64.8 cm³/mol. The highest BCUT2D eigenvalue weighted by molar-refractivity contribution is 5.94. The fourth-order valence-corrected chi connectivity index (χ4v) is 1.31. The van der Waals surface area contributed by atoms with Crippen molar-refractivity contribution in [2.45, 2.75) is 20.3 Å². The molecule has 0 saturated heterocycles. The number of hydrogen-bond acceptors (Lipinski definition) is 3. The Morgan fingerprint density at radius 1 is 1.56 bits per heavy atom. The molecule has 6 heteroatoms. The summed E-state index contributed by atoms with van der Waals surface area (Å²) in [6.45, 7) is 4.47. The summed E-state index contributed by atoms with van der Waals surface area (Å²) < 4.78 is 13.1. The van der Waals surface area contributed by atoms with Crippen LogP contribution < -0.4 is 5.32 Å². The van der Waals surface area contributed by atoms with Crippen molar-refractivity contribution < 1.29 is 14.1 Å². The third-order valence-electron chi connectivity index (χ3n) is 2.71. The van der Waals surface area contributed by atoms with E-state index in [9.17, 15) is 19.3 Å². The second-order valence-electron chi connectivity index (χ2n) is 4.15. The van der Waals surface area contributed by atoms with Gasteiger partial charge in [-0.2, -0.15) is 4.39 Å². The Bertz CT molecular complexity index is 463. The highest BCUT2D eigenvalue weighted by Gasteiger charge is 2.17. The molecule has 98 valence electrons. The monoisotopic (exact) mass is 254 g/mol. The van der Waals surface area contributed by atoms with E-state index in [0.29, 0.717) is 12.5 Å². The average molecular weight is 254 g/mol. The lowest BCUT2D eigenvalue weighted by Crippen LogP contribution is -2.28. The van der Waals surface area contributed by atoms with Gasteiger partial charge in [0.1, 0.15) is 0 Å². The molecule has 1 aromatic carbocycles. The lowest BCUT2D eigenvalue weighted by atomic mass is 10.1. The molecule has 0 fully saturated rings. The van der Waals surface area contributed by atoms with Crippen LogP contribution in [0.4, 0.5) is 10.1 Å². The first-order valence-corrected chi connectivity index (χ1v) is 5.67. The number of benzene rings is 1. The minimum atomic E-state index is -0.946. The predicted octanol–water partition coefficient (Wildman–Crippen LogP) is 2.51. The topological polar surface area (TPSA) is 72.2 Å². The van der Waals surface area contributed by atoms with Crippen LogP contribution in [0.15, 0.2) is 18.2 Å². The van der Waals surface area contributed by atoms with Gasteiger partial charge >= 0.3 is 5.69 Å². The number of nitro benzene ring substituents is 1. The summed E-state index contributed by atoms with van der Waals surface area (Å²) >= 11 is 0. The lowest BCUT2D eigenvalue weighted by molar-refractivity contribution is -0.387. The van der Waals surface area contributed by atoms with Crippen molar-refractivity contribution in [2.24, 2.45) is 5.92 Å². The molecule has 5 nitrogen and oxygen atoms in total. The number of amides is 1. The van der Waals surface area contributed by atoms with Crippen molar-refractivity contribution in [3.63, 3.8) is 0 Å². The van der Waals surface area contributed by atoms with E-state index in [0.717, 1.165) is 18.6 Å². The van der Waals surface area contributed by atoms with E-state index in [1.807, 2.05) is 13.8 Å². The SMILES string of the molecule is CCC(C)CNC(=O)c1ccc(F)c([N+](=O)[O-])c1. The molecule has 0 spiro atoms. The van der Waals surface area contributed by atoms with Gasteiger partial charge in [-0.3, -0.25) is 14.9 Å². The summed E-state index contributed by atoms with van der Waals surface area (Å²) in [7, 11) is 0. The van der Waals surface area contributed by atoms with Crippen LogP contribution in [0.1, 0.15) is 30.6 Å². The summed E-state index contributed by atoms with van der Waals surface area (Å²) in [5, 5.41) is 13.2. The van der Waals surface area contributed by atoms with Crippen molar-refractivity contribution in [1.82, 2.24) is 5.32 Å². The fraction of sp³-hybridized carbons (Fsp3) is 0.417. The third-order valence-corrected chi connectivity index (χ3v) is 2.71. The molecule has 0 aromatic heterocycles. The van der Waals surface area contributed by atoms with Gasteiger partial charge in [0.05, 0.1) is 4.92 Å². The Morgan fingerprint density at radius 2 is 2.22 bits per heavy atom. The second-order valence-corrected chi connectivity index (χ2v) is 4.15. The molecule has 0 saturated carbocycles. The number of nitro groups is 1. The molecular formula is C12H15FN2O3. The smallest absolute Gasteiger partial charge is 0.305 e. The normalized spacial score (nSPS) is 11.9. The molecule has 0 aliphatic carbocycles. The Kier molecular flexibility index (Phi) is 4.76. The van der Waals surface area contributed by atoms with Crippen LogP contribution in [0.25, 0.3) is 0 Å². The van der Waals surface area contributed by atoms with Crippen LogP contribution in [0.3, 0.4) is 0 Å². The van der Waals surface area contributed by atoms with E-state index < -0.39 is 22.3 Å². The van der Waals surface area contributed by atoms with Crippen LogP contribution in [0, 0.1) is 21.8 Å². The van der Waals surface area contributed by atoms with Gasteiger partial charge in [0.15, 0.2) is 0 Å². The fourth-order valence-electron chi connectivity index (χ4n) is 1.31. The summed E-state index contributed by atoms with van der Waals surface area (Å²) in [6, 6.07) is 3.10. The van der Waals surface area contributed by atoms with Gasteiger partial charge in [0.25, 0.3) is 5.91 Å². The van der Waals surface area contributed by atoms with Gasteiger partial charge in [-0.1, -0.05) is 20.3 Å². The largest absolute Gasteiger partial charge is 0.352 e. The lowest BCUT2D eigenvalue weighted by Gasteiger charge is -2.10. The molecule has 0 aliphatic rings. The molecule has 0 bridgehead atoms. The van der Waals surface area contributed by atoms with Crippen molar-refractivity contribution in [3.05, 3.63) is 39.7 Å². The van der Waals surface area contributed by atoms with E-state index in [2.05, 4.69) is 5.32 Å². The minimum absolute atomic E-state index is 0.0893. The van der Waals surface area contributed by atoms with E-state index in [1.54, 1.807) is 0 Å². The van der Waals surface area contributed by atoms with Crippen molar-refractivity contribution in [3.8, 4) is 0 Å². The van der Waals surface area contributed by atoms with Crippen LogP contribution in [-0.2, 0) is 0 Å². The van der Waals surface area contributed by atoms with E-state index in [1.165, 1.54) is 6.07 Å². The molecular weight excluding hydrogens is 239 g/mol. The molecule has 1 amide bonds. The number of nitrogens with one attached hydrogen (secondary N) is 1. The number of hydrogen-bond donors (Lipinski definition) is 1. The highest BCUT2D eigenvalue weighted by Crippen LogP contribution is 2.18. The van der Waals surface area contributed by atoms with E-state index in [4.69, 9.17) is 0 Å². The van der Waals surface area contributed by atoms with Crippen LogP contribution >= 0.6 is 0 Å². The van der Waals surface area contributed by atoms with Crippen molar-refractivity contribution in [2.75, 3.05) is 6.54 Å². The van der Waals surface area contributed by atoms with Gasteiger partial charge in [0, 0.05) is 18.2 Å². The molecule has 0 radical (unpaired) electrons. The number of rotatable bonds is 5. The zero-order valence-electron chi connectivity index (χ0n) is 10.3. The summed E-state index contributed by atoms with van der Waals surface area (Å²) in [6.07, 6.45) is 0.920. The Morgan fingerprint density at radius 3 is 2.78 bits per heavy atom. The maximum Gasteiger partial charge on any atom is 0.305 e. The van der Waals surface area contributed by atoms with Gasteiger partial charge < -0.3 is 5.32 Å². The molecule has 0 aliphatic heterocycles. The first-order chi connectivity index (χ1) is 8.45. The molecule has 18 heavy (non-hydrogen) atoms. The van der Waals surface area contributed by atoms with Gasteiger partial charge in [-0.15, -0.1) is 0 Å². The Labute approximate surface area is 104 Å². The standard InChI is InChI=1S/C12H15FN2O3/c1-3-8(2)7-14-12(16)9-4-5-10(13)11(6-9)15(17)18/h4-6,8H,3,7H2,1-2H3,(H,14,16). The molecule has 1 atom stereocenters. The summed E-state index contributed by atoms with van der Waals surface area (Å²) in [5.41, 5.74) is -0.599. The van der Waals surface area contributed by atoms with Crippen LogP contribution in [-0.4, -0.2) is 17.4 Å². The first kappa shape index (κ1) is 14.1. The quantitative estimate of drug-likeness (QED) is 0.648. The van der Waals surface area contributed by atoms with Gasteiger partial charge in [0.2, 0.25) is 5.82 Å². The number of carbonyl (C=O) groups is 1. The van der Waals surface area contributed by atoms with Crippen molar-refractivity contribution in [1.29, 1.82) is 0 Å². The average Bonchev–Trinajstić information content (AvgIpc) is 2.35. The summed E-state index contributed by atoms with van der Waals surface area (Å²) in [4.78, 5) is 21.4. The minimum Gasteiger partial charge on any atom is -0.352 e. The number of halogens is 1. The van der Waals surface area contributed by atoms with Gasteiger partial charge in [-0.05, 0) is 18.1 Å². The maximum absolute atomic E-state index is 13.1. The molecule has 0 heterocycles. The Balaban J connectivity index is 2.80. The molecule has 1 aromatic rings. The maximum atomic E-state index is 13.1. The zero-order valence-corrected chi connectivity index (χ0v) is 10.3. The van der Waals surface area contributed by atoms with E-state index in [-0.39, 0.29) is 5.56 Å². The van der Waals surface area contributed by atoms with Crippen LogP contribution in [0.5, 0.6) is 0 Å². The van der Waals surface area contributed by atoms with Crippen LogP contribution in [0.2, 0.25) is 0 Å². The highest BCUT2D eigenvalue weighted by atomic mass is 19.1. The van der Waals surface area contributed by atoms with E-state index >= 15 is 0 Å². The second kappa shape index (κ2) is 6.09. The first-order valence-electron chi connectivity index (χ1n) is 5.67. The molecule has 1 unspecified atom stereocenters. The summed E-state index contributed by atoms with van der Waals surface area (Å²) in [5.74, 6) is -1.05. The third kappa shape index (κ3) is 3.51.